The number of aryl methyl sites for hydroxylation is 1. The van der Waals surface area contributed by atoms with Crippen LogP contribution >= 0.6 is 0 Å². The van der Waals surface area contributed by atoms with Gasteiger partial charge in [0.2, 0.25) is 11.8 Å². The summed E-state index contributed by atoms with van der Waals surface area (Å²) in [5, 5.41) is 6.26. The average molecular weight is 423 g/mol. The molecule has 6 heteroatoms. The van der Waals surface area contributed by atoms with Gasteiger partial charge in [0.25, 0.3) is 0 Å². The van der Waals surface area contributed by atoms with E-state index in [9.17, 15) is 9.59 Å². The maximum Gasteiger partial charge on any atom is 0.238 e. The summed E-state index contributed by atoms with van der Waals surface area (Å²) < 4.78 is 0. The lowest BCUT2D eigenvalue weighted by molar-refractivity contribution is -0.133. The van der Waals surface area contributed by atoms with Gasteiger partial charge in [0.1, 0.15) is 0 Å². The largest absolute Gasteiger partial charge is 0.346 e. The first-order valence-electron chi connectivity index (χ1n) is 11.2. The summed E-state index contributed by atoms with van der Waals surface area (Å²) in [5.74, 6) is 0.574. The Morgan fingerprint density at radius 1 is 1.26 bits per heavy atom. The lowest BCUT2D eigenvalue weighted by Gasteiger charge is -2.28. The molecule has 1 aromatic heterocycles. The van der Waals surface area contributed by atoms with Gasteiger partial charge in [0.05, 0.1) is 17.9 Å². The SMILES string of the molecule is CCc1cccc(-c2cnc(C(C)C)c(NC(=O)CNCC3CCN(C)C(=O)C3)c2)c1. The van der Waals surface area contributed by atoms with Gasteiger partial charge < -0.3 is 15.5 Å². The molecule has 2 amide bonds. The number of anilines is 1. The van der Waals surface area contributed by atoms with Gasteiger partial charge in [-0.25, -0.2) is 0 Å². The molecule has 1 atom stereocenters. The number of rotatable bonds is 8. The highest BCUT2D eigenvalue weighted by Crippen LogP contribution is 2.28. The van der Waals surface area contributed by atoms with Crippen LogP contribution in [-0.4, -0.2) is 48.4 Å². The molecule has 0 radical (unpaired) electrons. The zero-order valence-electron chi connectivity index (χ0n) is 19.1. The Balaban J connectivity index is 1.64. The van der Waals surface area contributed by atoms with Gasteiger partial charge in [0, 0.05) is 31.8 Å². The smallest absolute Gasteiger partial charge is 0.238 e. The Morgan fingerprint density at radius 2 is 2.06 bits per heavy atom. The van der Waals surface area contributed by atoms with E-state index in [2.05, 4.69) is 60.7 Å². The van der Waals surface area contributed by atoms with Gasteiger partial charge in [-0.15, -0.1) is 0 Å². The summed E-state index contributed by atoms with van der Waals surface area (Å²) >= 11 is 0. The van der Waals surface area contributed by atoms with Crippen LogP contribution in [0.15, 0.2) is 36.5 Å². The molecule has 166 valence electrons. The zero-order chi connectivity index (χ0) is 22.4. The number of aromatic nitrogens is 1. The van der Waals surface area contributed by atoms with E-state index in [0.717, 1.165) is 41.9 Å². The molecule has 1 fully saturated rings. The second kappa shape index (κ2) is 10.5. The number of pyridine rings is 1. The third kappa shape index (κ3) is 6.14. The molecule has 1 saturated heterocycles. The Morgan fingerprint density at radius 3 is 2.77 bits per heavy atom. The van der Waals surface area contributed by atoms with Gasteiger partial charge in [0.15, 0.2) is 0 Å². The van der Waals surface area contributed by atoms with E-state index >= 15 is 0 Å². The maximum absolute atomic E-state index is 12.6. The lowest BCUT2D eigenvalue weighted by Crippen LogP contribution is -2.40. The van der Waals surface area contributed by atoms with Crippen LogP contribution in [-0.2, 0) is 16.0 Å². The highest BCUT2D eigenvalue weighted by molar-refractivity contribution is 5.93. The summed E-state index contributed by atoms with van der Waals surface area (Å²) in [7, 11) is 1.84. The van der Waals surface area contributed by atoms with Crippen molar-refractivity contribution in [1.82, 2.24) is 15.2 Å². The molecule has 1 aliphatic heterocycles. The summed E-state index contributed by atoms with van der Waals surface area (Å²) in [4.78, 5) is 30.9. The number of benzene rings is 1. The highest BCUT2D eigenvalue weighted by atomic mass is 16.2. The number of hydrogen-bond donors (Lipinski definition) is 2. The van der Waals surface area contributed by atoms with E-state index in [1.807, 2.05) is 19.3 Å². The molecule has 6 nitrogen and oxygen atoms in total. The molecule has 1 unspecified atom stereocenters. The van der Waals surface area contributed by atoms with Crippen LogP contribution in [0.1, 0.15) is 50.8 Å². The minimum Gasteiger partial charge on any atom is -0.346 e. The van der Waals surface area contributed by atoms with E-state index in [4.69, 9.17) is 0 Å². The molecule has 2 aromatic rings. The van der Waals surface area contributed by atoms with Crippen molar-refractivity contribution in [2.45, 2.75) is 46.0 Å². The Bertz CT molecular complexity index is 925. The Hall–Kier alpha value is -2.73. The van der Waals surface area contributed by atoms with Crippen molar-refractivity contribution in [2.75, 3.05) is 32.0 Å². The fourth-order valence-electron chi connectivity index (χ4n) is 3.93. The maximum atomic E-state index is 12.6. The number of hydrogen-bond acceptors (Lipinski definition) is 4. The summed E-state index contributed by atoms with van der Waals surface area (Å²) in [5.41, 5.74) is 5.00. The normalized spacial score (nSPS) is 16.6. The zero-order valence-corrected chi connectivity index (χ0v) is 19.1. The summed E-state index contributed by atoms with van der Waals surface area (Å²) in [6, 6.07) is 10.4. The van der Waals surface area contributed by atoms with Gasteiger partial charge in [-0.2, -0.15) is 0 Å². The van der Waals surface area contributed by atoms with Crippen molar-refractivity contribution in [3.8, 4) is 11.1 Å². The van der Waals surface area contributed by atoms with Crippen LogP contribution < -0.4 is 10.6 Å². The van der Waals surface area contributed by atoms with E-state index in [0.29, 0.717) is 18.9 Å². The first kappa shape index (κ1) is 22.9. The number of nitrogens with one attached hydrogen (secondary N) is 2. The number of piperidine rings is 1. The number of carbonyl (C=O) groups excluding carboxylic acids is 2. The topological polar surface area (TPSA) is 74.3 Å². The average Bonchev–Trinajstić information content (AvgIpc) is 2.76. The van der Waals surface area contributed by atoms with E-state index in [1.165, 1.54) is 5.56 Å². The van der Waals surface area contributed by atoms with E-state index in [1.54, 1.807) is 4.90 Å². The molecule has 3 rings (SSSR count). The van der Waals surface area contributed by atoms with E-state index < -0.39 is 0 Å². The standard InChI is InChI=1S/C25H34N4O2/c1-5-18-7-6-8-20(11-18)21-13-22(25(17(2)3)27-15-21)28-23(30)16-26-14-19-9-10-29(4)24(31)12-19/h6-8,11,13,15,17,19,26H,5,9-10,12,14,16H2,1-4H3,(H,28,30). The fraction of sp³-hybridized carbons (Fsp3) is 0.480. The third-order valence-corrected chi connectivity index (χ3v) is 5.89. The molecule has 31 heavy (non-hydrogen) atoms. The van der Waals surface area contributed by atoms with Crippen LogP contribution in [0, 0.1) is 5.92 Å². The molecular formula is C25H34N4O2. The predicted octanol–water partition coefficient (Wildman–Crippen LogP) is 3.83. The van der Waals surface area contributed by atoms with Gasteiger partial charge in [-0.05, 0) is 48.4 Å². The Labute approximate surface area is 185 Å². The van der Waals surface area contributed by atoms with Crippen LogP contribution in [0.25, 0.3) is 11.1 Å². The molecule has 1 aromatic carbocycles. The first-order chi connectivity index (χ1) is 14.9. The Kier molecular flexibility index (Phi) is 7.80. The minimum absolute atomic E-state index is 0.0950. The van der Waals surface area contributed by atoms with Crippen molar-refractivity contribution < 1.29 is 9.59 Å². The molecule has 2 N–H and O–H groups in total. The summed E-state index contributed by atoms with van der Waals surface area (Å²) in [6.07, 6.45) is 4.38. The van der Waals surface area contributed by atoms with Crippen LogP contribution in [0.2, 0.25) is 0 Å². The fourth-order valence-corrected chi connectivity index (χ4v) is 3.93. The van der Waals surface area contributed by atoms with Crippen molar-refractivity contribution in [1.29, 1.82) is 0 Å². The molecule has 0 saturated carbocycles. The third-order valence-electron chi connectivity index (χ3n) is 5.89. The number of amides is 2. The molecular weight excluding hydrogens is 388 g/mol. The minimum atomic E-state index is -0.0950. The van der Waals surface area contributed by atoms with Crippen molar-refractivity contribution in [2.24, 2.45) is 5.92 Å². The van der Waals surface area contributed by atoms with Crippen LogP contribution in [0.3, 0.4) is 0 Å². The highest BCUT2D eigenvalue weighted by Gasteiger charge is 2.23. The quantitative estimate of drug-likeness (QED) is 0.678. The number of likely N-dealkylation sites (tertiary alicyclic amines) is 1. The second-order valence-electron chi connectivity index (χ2n) is 8.72. The van der Waals surface area contributed by atoms with Gasteiger partial charge >= 0.3 is 0 Å². The van der Waals surface area contributed by atoms with E-state index in [-0.39, 0.29) is 24.3 Å². The van der Waals surface area contributed by atoms with Crippen molar-refractivity contribution >= 4 is 17.5 Å². The first-order valence-corrected chi connectivity index (χ1v) is 11.2. The molecule has 2 heterocycles. The van der Waals surface area contributed by atoms with Crippen molar-refractivity contribution in [3.05, 3.63) is 47.8 Å². The molecule has 0 aliphatic carbocycles. The number of carbonyl (C=O) groups is 2. The van der Waals surface area contributed by atoms with Gasteiger partial charge in [-0.3, -0.25) is 14.6 Å². The van der Waals surface area contributed by atoms with Crippen molar-refractivity contribution in [3.63, 3.8) is 0 Å². The lowest BCUT2D eigenvalue weighted by atomic mass is 9.96. The molecule has 1 aliphatic rings. The second-order valence-corrected chi connectivity index (χ2v) is 8.72. The van der Waals surface area contributed by atoms with Crippen LogP contribution in [0.5, 0.6) is 0 Å². The number of nitrogens with zero attached hydrogens (tertiary/aromatic N) is 2. The molecule has 0 bridgehead atoms. The summed E-state index contributed by atoms with van der Waals surface area (Å²) in [6.45, 7) is 7.96. The monoisotopic (exact) mass is 422 g/mol. The predicted molar refractivity (Wildman–Crippen MR) is 125 cm³/mol. The molecule has 0 spiro atoms. The van der Waals surface area contributed by atoms with Crippen LogP contribution in [0.4, 0.5) is 5.69 Å². The van der Waals surface area contributed by atoms with Gasteiger partial charge in [-0.1, -0.05) is 45.0 Å².